The van der Waals surface area contributed by atoms with Crippen LogP contribution in [0.15, 0.2) is 30.3 Å². The maximum Gasteiger partial charge on any atom is 0.326 e. The molecule has 1 N–H and O–H groups in total. The zero-order valence-corrected chi connectivity index (χ0v) is 19.1. The van der Waals surface area contributed by atoms with Gasteiger partial charge in [0.05, 0.1) is 12.1 Å². The number of carbonyl (C=O) groups excluding carboxylic acids is 1. The second-order valence-corrected chi connectivity index (χ2v) is 9.77. The Labute approximate surface area is 181 Å². The number of rotatable bonds is 7. The van der Waals surface area contributed by atoms with Gasteiger partial charge in [0, 0.05) is 12.0 Å². The number of carbonyl (C=O) groups is 1. The van der Waals surface area contributed by atoms with E-state index in [-0.39, 0.29) is 23.5 Å². The molecule has 0 amide bonds. The van der Waals surface area contributed by atoms with Crippen LogP contribution in [0.25, 0.3) is 0 Å². The maximum atomic E-state index is 13.2. The summed E-state index contributed by atoms with van der Waals surface area (Å²) in [4.78, 5) is 13.2. The number of hydrogen-bond donors (Lipinski definition) is 1. The highest BCUT2D eigenvalue weighted by molar-refractivity contribution is 5.78. The number of esters is 1. The van der Waals surface area contributed by atoms with Crippen molar-refractivity contribution in [3.63, 3.8) is 0 Å². The van der Waals surface area contributed by atoms with Gasteiger partial charge in [-0.2, -0.15) is 10.5 Å². The number of nitrogens with one attached hydrogen (secondary N) is 1. The lowest BCUT2D eigenvalue weighted by molar-refractivity contribution is -0.161. The highest BCUT2D eigenvalue weighted by atomic mass is 16.5. The summed E-state index contributed by atoms with van der Waals surface area (Å²) >= 11 is 0. The second kappa shape index (κ2) is 9.63. The van der Waals surface area contributed by atoms with Crippen molar-refractivity contribution >= 4 is 5.97 Å². The second-order valence-electron chi connectivity index (χ2n) is 9.77. The SMILES string of the molecule is CC(C)N[C@H](C(=O)O[C@@H]1C[C@H](C)CC[C@H]1C(C)(C)c1ccccc1)C(C)(C#N)C#N. The van der Waals surface area contributed by atoms with E-state index in [0.29, 0.717) is 5.92 Å². The minimum Gasteiger partial charge on any atom is -0.461 e. The third-order valence-corrected chi connectivity index (χ3v) is 6.54. The Morgan fingerprint density at radius 2 is 1.73 bits per heavy atom. The number of ether oxygens (including phenoxy) is 1. The summed E-state index contributed by atoms with van der Waals surface area (Å²) in [6.45, 7) is 11.9. The predicted octanol–water partition coefficient (Wildman–Crippen LogP) is 4.73. The van der Waals surface area contributed by atoms with E-state index in [4.69, 9.17) is 4.74 Å². The lowest BCUT2D eigenvalue weighted by Gasteiger charge is -2.44. The van der Waals surface area contributed by atoms with E-state index in [2.05, 4.69) is 38.2 Å². The number of hydrogen-bond acceptors (Lipinski definition) is 5. The first-order valence-corrected chi connectivity index (χ1v) is 10.9. The van der Waals surface area contributed by atoms with Gasteiger partial charge in [0.15, 0.2) is 5.41 Å². The van der Waals surface area contributed by atoms with Gasteiger partial charge in [-0.15, -0.1) is 0 Å². The van der Waals surface area contributed by atoms with Crippen molar-refractivity contribution in [3.05, 3.63) is 35.9 Å². The Morgan fingerprint density at radius 3 is 2.27 bits per heavy atom. The third-order valence-electron chi connectivity index (χ3n) is 6.54. The first-order chi connectivity index (χ1) is 14.0. The number of nitrogens with zero attached hydrogens (tertiary/aromatic N) is 2. The lowest BCUT2D eigenvalue weighted by Crippen LogP contribution is -2.53. The average molecular weight is 410 g/mol. The van der Waals surface area contributed by atoms with E-state index in [1.807, 2.05) is 44.2 Å². The van der Waals surface area contributed by atoms with Gasteiger partial charge < -0.3 is 4.74 Å². The molecule has 0 aliphatic heterocycles. The minimum absolute atomic E-state index is 0.0644. The Balaban J connectivity index is 2.32. The smallest absolute Gasteiger partial charge is 0.326 e. The third kappa shape index (κ3) is 5.21. The molecule has 0 aromatic heterocycles. The van der Waals surface area contributed by atoms with E-state index in [9.17, 15) is 15.3 Å². The molecule has 0 saturated heterocycles. The molecule has 162 valence electrons. The van der Waals surface area contributed by atoms with Crippen molar-refractivity contribution in [1.82, 2.24) is 5.32 Å². The fraction of sp³-hybridized carbons (Fsp3) is 0.640. The molecular formula is C25H35N3O2. The molecule has 5 heteroatoms. The Hall–Kier alpha value is -2.37. The van der Waals surface area contributed by atoms with Crippen molar-refractivity contribution in [2.45, 2.75) is 84.4 Å². The quantitative estimate of drug-likeness (QED) is 0.658. The fourth-order valence-corrected chi connectivity index (χ4v) is 4.54. The van der Waals surface area contributed by atoms with E-state index in [1.165, 1.54) is 12.5 Å². The molecule has 1 aliphatic carbocycles. The van der Waals surface area contributed by atoms with Gasteiger partial charge in [0.25, 0.3) is 0 Å². The molecule has 1 aromatic carbocycles. The summed E-state index contributed by atoms with van der Waals surface area (Å²) in [6.07, 6.45) is 2.60. The van der Waals surface area contributed by atoms with Crippen LogP contribution in [0.4, 0.5) is 0 Å². The predicted molar refractivity (Wildman–Crippen MR) is 117 cm³/mol. The van der Waals surface area contributed by atoms with E-state index >= 15 is 0 Å². The van der Waals surface area contributed by atoms with E-state index in [0.717, 1.165) is 19.3 Å². The molecule has 1 saturated carbocycles. The zero-order chi connectivity index (χ0) is 22.5. The molecule has 0 heterocycles. The summed E-state index contributed by atoms with van der Waals surface area (Å²) in [6, 6.07) is 13.3. The molecule has 30 heavy (non-hydrogen) atoms. The lowest BCUT2D eigenvalue weighted by atomic mass is 9.64. The molecule has 0 radical (unpaired) electrons. The first kappa shape index (κ1) is 23.9. The van der Waals surface area contributed by atoms with E-state index in [1.54, 1.807) is 0 Å². The molecule has 0 bridgehead atoms. The van der Waals surface area contributed by atoms with Crippen molar-refractivity contribution in [1.29, 1.82) is 10.5 Å². The zero-order valence-electron chi connectivity index (χ0n) is 19.1. The molecule has 0 spiro atoms. The average Bonchev–Trinajstić information content (AvgIpc) is 2.71. The monoisotopic (exact) mass is 409 g/mol. The van der Waals surface area contributed by atoms with Crippen LogP contribution in [-0.4, -0.2) is 24.2 Å². The highest BCUT2D eigenvalue weighted by Gasteiger charge is 2.46. The number of benzene rings is 1. The maximum absolute atomic E-state index is 13.2. The van der Waals surface area contributed by atoms with Crippen molar-refractivity contribution < 1.29 is 9.53 Å². The van der Waals surface area contributed by atoms with Gasteiger partial charge in [0.1, 0.15) is 12.1 Å². The topological polar surface area (TPSA) is 85.9 Å². The summed E-state index contributed by atoms with van der Waals surface area (Å²) in [7, 11) is 0. The normalized spacial score (nSPS) is 23.3. The van der Waals surface area contributed by atoms with Crippen LogP contribution >= 0.6 is 0 Å². The summed E-state index contributed by atoms with van der Waals surface area (Å²) in [5.41, 5.74) is -0.436. The molecule has 0 unspecified atom stereocenters. The number of nitriles is 2. The van der Waals surface area contributed by atoms with Crippen LogP contribution in [0.1, 0.15) is 66.4 Å². The van der Waals surface area contributed by atoms with Crippen LogP contribution in [0.5, 0.6) is 0 Å². The van der Waals surface area contributed by atoms with Gasteiger partial charge in [-0.05, 0) is 36.7 Å². The van der Waals surface area contributed by atoms with Crippen molar-refractivity contribution in [3.8, 4) is 12.1 Å². The molecule has 4 atom stereocenters. The molecule has 1 aliphatic rings. The Kier molecular flexibility index (Phi) is 7.67. The van der Waals surface area contributed by atoms with Crippen LogP contribution in [0.2, 0.25) is 0 Å². The molecule has 5 nitrogen and oxygen atoms in total. The molecule has 2 rings (SSSR count). The molecule has 1 aromatic rings. The van der Waals surface area contributed by atoms with E-state index < -0.39 is 17.4 Å². The standard InChI is InChI=1S/C25H35N3O2/c1-17(2)28-22(25(6,15-26)16-27)23(29)30-21-14-18(3)12-13-20(21)24(4,5)19-10-8-7-9-11-19/h7-11,17-18,20-22,28H,12-14H2,1-6H3/t18-,20-,21-,22-/m1/s1. The van der Waals surface area contributed by atoms with Crippen molar-refractivity contribution in [2.75, 3.05) is 0 Å². The Morgan fingerprint density at radius 1 is 1.13 bits per heavy atom. The summed E-state index contributed by atoms with van der Waals surface area (Å²) in [5.74, 6) is 0.109. The van der Waals surface area contributed by atoms with Gasteiger partial charge >= 0.3 is 5.97 Å². The Bertz CT molecular complexity index is 790. The summed E-state index contributed by atoms with van der Waals surface area (Å²) in [5, 5.41) is 22.2. The van der Waals surface area contributed by atoms with Crippen LogP contribution in [0, 0.1) is 39.9 Å². The van der Waals surface area contributed by atoms with Crippen molar-refractivity contribution in [2.24, 2.45) is 17.3 Å². The first-order valence-electron chi connectivity index (χ1n) is 10.9. The minimum atomic E-state index is -1.49. The van der Waals surface area contributed by atoms with Gasteiger partial charge in [-0.3, -0.25) is 10.1 Å². The van der Waals surface area contributed by atoms with Crippen LogP contribution in [-0.2, 0) is 14.9 Å². The highest BCUT2D eigenvalue weighted by Crippen LogP contribution is 2.44. The van der Waals surface area contributed by atoms with Crippen LogP contribution < -0.4 is 5.32 Å². The van der Waals surface area contributed by atoms with Gasteiger partial charge in [0.2, 0.25) is 0 Å². The molecule has 1 fully saturated rings. The van der Waals surface area contributed by atoms with Gasteiger partial charge in [-0.25, -0.2) is 0 Å². The largest absolute Gasteiger partial charge is 0.461 e. The van der Waals surface area contributed by atoms with Crippen LogP contribution in [0.3, 0.4) is 0 Å². The van der Waals surface area contributed by atoms with Gasteiger partial charge in [-0.1, -0.05) is 71.4 Å². The fourth-order valence-electron chi connectivity index (χ4n) is 4.54. The molecular weight excluding hydrogens is 374 g/mol. The summed E-state index contributed by atoms with van der Waals surface area (Å²) < 4.78 is 6.09.